The maximum atomic E-state index is 13.4. The normalized spacial score (nSPS) is 23.4. The second kappa shape index (κ2) is 10.6. The zero-order chi connectivity index (χ0) is 26.3. The number of aliphatic hydroxyl groups excluding tert-OH is 1. The molecule has 1 spiro atoms. The minimum absolute atomic E-state index is 0.199. The van der Waals surface area contributed by atoms with Gasteiger partial charge in [0.25, 0.3) is 5.91 Å². The fourth-order valence-corrected chi connectivity index (χ4v) is 6.30. The Labute approximate surface area is 232 Å². The highest BCUT2D eigenvalue weighted by molar-refractivity contribution is 7.71. The molecule has 0 bridgehead atoms. The van der Waals surface area contributed by atoms with E-state index in [0.29, 0.717) is 41.0 Å². The Morgan fingerprint density at radius 3 is 2.61 bits per heavy atom. The van der Waals surface area contributed by atoms with Gasteiger partial charge in [-0.1, -0.05) is 36.0 Å². The van der Waals surface area contributed by atoms with Crippen LogP contribution in [0.4, 0.5) is 0 Å². The van der Waals surface area contributed by atoms with Crippen LogP contribution in [0, 0.1) is 4.51 Å². The molecule has 9 heteroatoms. The molecule has 1 aliphatic carbocycles. The Morgan fingerprint density at radius 1 is 1.13 bits per heavy atom. The number of hydrogen-bond acceptors (Lipinski definition) is 6. The van der Waals surface area contributed by atoms with Gasteiger partial charge in [-0.3, -0.25) is 9.69 Å². The quantitative estimate of drug-likeness (QED) is 0.440. The number of amides is 1. The van der Waals surface area contributed by atoms with Gasteiger partial charge in [0.05, 0.1) is 41.5 Å². The molecule has 1 saturated carbocycles. The number of rotatable bonds is 5. The number of nitrogens with one attached hydrogen (secondary N) is 1. The molecule has 3 aliphatic rings. The fraction of sp³-hybridized carbons (Fsp3) is 0.448. The zero-order valence-electron chi connectivity index (χ0n) is 21.2. The van der Waals surface area contributed by atoms with Crippen LogP contribution in [-0.2, 0) is 24.4 Å². The predicted molar refractivity (Wildman–Crippen MR) is 149 cm³/mol. The Hall–Kier alpha value is -2.49. The molecule has 2 aromatic carbocycles. The number of carbonyl (C=O) groups is 1. The standard InChI is InChI=1S/C29H32ClN3O4S/c30-21-3-1-19(2-4-21)15-31-28(35)24-17-33-18-29(7-5-22(34)6-8-29)37-25-14-20(13-23(26(25)33)27(24)38)16-32-9-11-36-12-10-32/h1-4,13-14,17,22,34H,5-12,15-16,18H2,(H,31,35). The highest BCUT2D eigenvalue weighted by Gasteiger charge is 2.41. The summed E-state index contributed by atoms with van der Waals surface area (Å²) in [7, 11) is 0. The summed E-state index contributed by atoms with van der Waals surface area (Å²) in [6.45, 7) is 4.99. The van der Waals surface area contributed by atoms with Gasteiger partial charge in [0.1, 0.15) is 11.4 Å². The number of hydrogen-bond donors (Lipinski definition) is 2. The van der Waals surface area contributed by atoms with Crippen molar-refractivity contribution < 1.29 is 19.4 Å². The molecule has 2 aliphatic heterocycles. The molecule has 2 fully saturated rings. The summed E-state index contributed by atoms with van der Waals surface area (Å²) in [6.07, 6.45) is 4.56. The topological polar surface area (TPSA) is 76.0 Å². The van der Waals surface area contributed by atoms with Gasteiger partial charge in [-0.15, -0.1) is 0 Å². The van der Waals surface area contributed by atoms with Crippen LogP contribution in [-0.4, -0.2) is 58.5 Å². The van der Waals surface area contributed by atoms with E-state index in [4.69, 9.17) is 33.3 Å². The molecule has 200 valence electrons. The molecular weight excluding hydrogens is 522 g/mol. The van der Waals surface area contributed by atoms with Gasteiger partial charge in [0.15, 0.2) is 0 Å². The molecule has 0 atom stereocenters. The Balaban J connectivity index is 1.38. The summed E-state index contributed by atoms with van der Waals surface area (Å²) in [5.41, 5.74) is 3.10. The molecule has 3 aromatic rings. The van der Waals surface area contributed by atoms with Gasteiger partial charge >= 0.3 is 0 Å². The SMILES string of the molecule is O=C(NCc1ccc(Cl)cc1)c1cn2c3c(cc(CN4CCOCC4)cc3c1=S)OC1(CCC(O)CC1)C2. The summed E-state index contributed by atoms with van der Waals surface area (Å²) < 4.78 is 15.0. The number of carbonyl (C=O) groups excluding carboxylic acids is 1. The molecule has 3 heterocycles. The van der Waals surface area contributed by atoms with Crippen LogP contribution < -0.4 is 10.1 Å². The van der Waals surface area contributed by atoms with Crippen LogP contribution in [0.2, 0.25) is 5.02 Å². The first-order valence-electron chi connectivity index (χ1n) is 13.3. The number of ether oxygens (including phenoxy) is 2. The van der Waals surface area contributed by atoms with E-state index in [0.717, 1.165) is 73.5 Å². The van der Waals surface area contributed by atoms with E-state index in [1.807, 2.05) is 30.5 Å². The van der Waals surface area contributed by atoms with Crippen molar-refractivity contribution in [3.05, 3.63) is 68.8 Å². The number of benzene rings is 2. The van der Waals surface area contributed by atoms with Gasteiger partial charge in [-0.2, -0.15) is 0 Å². The molecule has 0 unspecified atom stereocenters. The number of morpholine rings is 1. The fourth-order valence-electron chi connectivity index (χ4n) is 5.88. The first kappa shape index (κ1) is 25.8. The molecule has 1 saturated heterocycles. The average Bonchev–Trinajstić information content (AvgIpc) is 2.92. The van der Waals surface area contributed by atoms with Crippen LogP contribution >= 0.6 is 23.8 Å². The second-order valence-corrected chi connectivity index (χ2v) is 11.5. The van der Waals surface area contributed by atoms with Gasteiger partial charge < -0.3 is 24.5 Å². The first-order valence-corrected chi connectivity index (χ1v) is 14.1. The number of pyridine rings is 1. The van der Waals surface area contributed by atoms with Gasteiger partial charge in [-0.25, -0.2) is 0 Å². The first-order chi connectivity index (χ1) is 18.4. The lowest BCUT2D eigenvalue weighted by Gasteiger charge is -2.43. The molecule has 7 nitrogen and oxygen atoms in total. The van der Waals surface area contributed by atoms with Gasteiger partial charge in [-0.05, 0) is 61.1 Å². The summed E-state index contributed by atoms with van der Waals surface area (Å²) in [6, 6.07) is 11.7. The van der Waals surface area contributed by atoms with Crippen molar-refractivity contribution in [3.8, 4) is 5.75 Å². The minimum atomic E-state index is -0.401. The number of aliphatic hydroxyl groups is 1. The Bertz CT molecular complexity index is 1410. The molecule has 38 heavy (non-hydrogen) atoms. The number of halogens is 1. The largest absolute Gasteiger partial charge is 0.483 e. The van der Waals surface area contributed by atoms with Gasteiger partial charge in [0.2, 0.25) is 0 Å². The van der Waals surface area contributed by atoms with Crippen molar-refractivity contribution >= 4 is 40.6 Å². The third-order valence-corrected chi connectivity index (χ3v) is 8.66. The van der Waals surface area contributed by atoms with E-state index in [9.17, 15) is 9.90 Å². The predicted octanol–water partition coefficient (Wildman–Crippen LogP) is 4.85. The van der Waals surface area contributed by atoms with E-state index in [2.05, 4.69) is 26.9 Å². The van der Waals surface area contributed by atoms with Crippen LogP contribution in [0.5, 0.6) is 5.75 Å². The lowest BCUT2D eigenvalue weighted by molar-refractivity contribution is -0.0279. The maximum Gasteiger partial charge on any atom is 0.254 e. The van der Waals surface area contributed by atoms with E-state index < -0.39 is 5.60 Å². The Morgan fingerprint density at radius 2 is 1.87 bits per heavy atom. The van der Waals surface area contributed by atoms with Crippen molar-refractivity contribution in [2.24, 2.45) is 0 Å². The van der Waals surface area contributed by atoms with E-state index in [-0.39, 0.29) is 12.0 Å². The lowest BCUT2D eigenvalue weighted by atomic mass is 9.82. The van der Waals surface area contributed by atoms with Crippen molar-refractivity contribution in [2.75, 3.05) is 26.3 Å². The molecular formula is C29H32ClN3O4S. The van der Waals surface area contributed by atoms with Crippen molar-refractivity contribution in [1.29, 1.82) is 0 Å². The lowest BCUT2D eigenvalue weighted by Crippen LogP contribution is -2.47. The van der Waals surface area contributed by atoms with Gasteiger partial charge in [0, 0.05) is 42.8 Å². The zero-order valence-corrected chi connectivity index (χ0v) is 22.8. The van der Waals surface area contributed by atoms with E-state index in [1.54, 1.807) is 0 Å². The van der Waals surface area contributed by atoms with Crippen LogP contribution in [0.1, 0.15) is 47.2 Å². The monoisotopic (exact) mass is 553 g/mol. The van der Waals surface area contributed by atoms with E-state index in [1.165, 1.54) is 0 Å². The third kappa shape index (κ3) is 5.20. The number of nitrogens with zero attached hydrogens (tertiary/aromatic N) is 2. The minimum Gasteiger partial charge on any atom is -0.483 e. The summed E-state index contributed by atoms with van der Waals surface area (Å²) in [5.74, 6) is 0.614. The van der Waals surface area contributed by atoms with Crippen molar-refractivity contribution in [1.82, 2.24) is 14.8 Å². The smallest absolute Gasteiger partial charge is 0.254 e. The molecule has 1 aromatic heterocycles. The Kier molecular flexibility index (Phi) is 7.18. The molecule has 1 amide bonds. The van der Waals surface area contributed by atoms with Crippen LogP contribution in [0.15, 0.2) is 42.6 Å². The van der Waals surface area contributed by atoms with Crippen LogP contribution in [0.3, 0.4) is 0 Å². The molecule has 2 N–H and O–H groups in total. The summed E-state index contributed by atoms with van der Waals surface area (Å²) in [5, 5.41) is 14.7. The van der Waals surface area contributed by atoms with E-state index >= 15 is 0 Å². The van der Waals surface area contributed by atoms with Crippen LogP contribution in [0.25, 0.3) is 10.9 Å². The van der Waals surface area contributed by atoms with Crippen molar-refractivity contribution in [3.63, 3.8) is 0 Å². The highest BCUT2D eigenvalue weighted by atomic mass is 35.5. The maximum absolute atomic E-state index is 13.4. The molecule has 6 rings (SSSR count). The van der Waals surface area contributed by atoms with Crippen molar-refractivity contribution in [2.45, 2.75) is 57.0 Å². The second-order valence-electron chi connectivity index (χ2n) is 10.7. The highest BCUT2D eigenvalue weighted by Crippen LogP contribution is 2.43. The summed E-state index contributed by atoms with van der Waals surface area (Å²) >= 11 is 11.9. The summed E-state index contributed by atoms with van der Waals surface area (Å²) in [4.78, 5) is 15.8. The number of aromatic nitrogens is 1. The molecule has 0 radical (unpaired) electrons. The third-order valence-electron chi connectivity index (χ3n) is 7.97. The average molecular weight is 554 g/mol.